The van der Waals surface area contributed by atoms with Gasteiger partial charge >= 0.3 is 0 Å². The molecule has 0 aromatic heterocycles. The highest BCUT2D eigenvalue weighted by atomic mass is 16.5. The van der Waals surface area contributed by atoms with Crippen molar-refractivity contribution >= 4 is 0 Å². The molecular weight excluding hydrogens is 188 g/mol. The van der Waals surface area contributed by atoms with Crippen LogP contribution in [0.15, 0.2) is 12.7 Å². The second kappa shape index (κ2) is 10.1. The predicted molar refractivity (Wildman–Crippen MR) is 68.4 cm³/mol. The molecule has 1 heterocycles. The van der Waals surface area contributed by atoms with Gasteiger partial charge in [0.1, 0.15) is 0 Å². The Balaban J connectivity index is 0. The number of nitrogens with one attached hydrogen (secondary N) is 1. The molecule has 1 rings (SSSR count). The number of ether oxygens (including phenoxy) is 1. The zero-order valence-electron chi connectivity index (χ0n) is 10.5. The minimum absolute atomic E-state index is 0. The predicted octanol–water partition coefficient (Wildman–Crippen LogP) is 1.75. The normalized spacial score (nSPS) is 17.1. The largest absolute Gasteiger partial charge is 0.379 e. The fourth-order valence-corrected chi connectivity index (χ4v) is 1.37. The van der Waals surface area contributed by atoms with Crippen LogP contribution in [0.25, 0.3) is 0 Å². The summed E-state index contributed by atoms with van der Waals surface area (Å²) < 4.78 is 5.17. The second-order valence-electron chi connectivity index (χ2n) is 3.91. The maximum Gasteiger partial charge on any atom is 0.0594 e. The van der Waals surface area contributed by atoms with E-state index in [2.05, 4.69) is 37.6 Å². The molecule has 0 amide bonds. The molecular formula is C12H28N2O. The summed E-state index contributed by atoms with van der Waals surface area (Å²) in [6.07, 6.45) is 1.94. The van der Waals surface area contributed by atoms with Gasteiger partial charge in [-0.2, -0.15) is 0 Å². The third-order valence-corrected chi connectivity index (χ3v) is 2.10. The third-order valence-electron chi connectivity index (χ3n) is 2.10. The molecule has 1 saturated heterocycles. The minimum Gasteiger partial charge on any atom is -0.379 e. The Morgan fingerprint density at radius 1 is 1.47 bits per heavy atom. The molecule has 0 spiro atoms. The van der Waals surface area contributed by atoms with E-state index >= 15 is 0 Å². The summed E-state index contributed by atoms with van der Waals surface area (Å²) in [4.78, 5) is 2.33. The van der Waals surface area contributed by atoms with Crippen LogP contribution in [0.3, 0.4) is 0 Å². The zero-order chi connectivity index (χ0) is 11.5. The molecule has 1 aliphatic heterocycles. The topological polar surface area (TPSA) is 24.5 Å². The summed E-state index contributed by atoms with van der Waals surface area (Å²) in [6.45, 7) is 16.0. The quantitative estimate of drug-likeness (QED) is 0.725. The van der Waals surface area contributed by atoms with Crippen molar-refractivity contribution in [1.29, 1.82) is 0 Å². The van der Waals surface area contributed by atoms with E-state index in [1.807, 2.05) is 6.08 Å². The lowest BCUT2D eigenvalue weighted by Crippen LogP contribution is -2.36. The SMILES string of the molecule is C=CCN1CCOCC1.CCNC(C)C.[HH]. The van der Waals surface area contributed by atoms with Crippen LogP contribution in [-0.2, 0) is 4.74 Å². The van der Waals surface area contributed by atoms with Gasteiger partial charge in [-0.3, -0.25) is 4.90 Å². The average molecular weight is 216 g/mol. The molecule has 0 atom stereocenters. The van der Waals surface area contributed by atoms with E-state index in [0.29, 0.717) is 6.04 Å². The van der Waals surface area contributed by atoms with Crippen molar-refractivity contribution in [3.8, 4) is 0 Å². The van der Waals surface area contributed by atoms with Crippen molar-refractivity contribution in [1.82, 2.24) is 10.2 Å². The Labute approximate surface area is 96.0 Å². The Kier molecular flexibility index (Phi) is 9.89. The summed E-state index contributed by atoms with van der Waals surface area (Å²) in [5.41, 5.74) is 0. The van der Waals surface area contributed by atoms with Gasteiger partial charge in [-0.15, -0.1) is 6.58 Å². The molecule has 0 saturated carbocycles. The van der Waals surface area contributed by atoms with E-state index in [4.69, 9.17) is 4.74 Å². The van der Waals surface area contributed by atoms with Crippen molar-refractivity contribution in [2.75, 3.05) is 39.4 Å². The lowest BCUT2D eigenvalue weighted by Gasteiger charge is -2.24. The van der Waals surface area contributed by atoms with Gasteiger partial charge in [0.05, 0.1) is 13.2 Å². The highest BCUT2D eigenvalue weighted by Gasteiger charge is 2.06. The lowest BCUT2D eigenvalue weighted by molar-refractivity contribution is 0.0434. The van der Waals surface area contributed by atoms with Crippen LogP contribution < -0.4 is 5.32 Å². The first-order valence-corrected chi connectivity index (χ1v) is 5.85. The molecule has 0 bridgehead atoms. The van der Waals surface area contributed by atoms with Gasteiger partial charge in [0.15, 0.2) is 0 Å². The molecule has 0 aromatic rings. The fraction of sp³-hybridized carbons (Fsp3) is 0.833. The van der Waals surface area contributed by atoms with Crippen molar-refractivity contribution in [2.24, 2.45) is 0 Å². The van der Waals surface area contributed by atoms with Gasteiger partial charge in [-0.05, 0) is 6.54 Å². The molecule has 3 nitrogen and oxygen atoms in total. The molecule has 0 radical (unpaired) electrons. The van der Waals surface area contributed by atoms with Crippen LogP contribution in [0.4, 0.5) is 0 Å². The van der Waals surface area contributed by atoms with Crippen LogP contribution in [0, 0.1) is 0 Å². The maximum atomic E-state index is 5.17. The van der Waals surface area contributed by atoms with E-state index in [1.165, 1.54) is 0 Å². The van der Waals surface area contributed by atoms with Crippen molar-refractivity contribution in [3.63, 3.8) is 0 Å². The molecule has 1 N–H and O–H groups in total. The molecule has 15 heavy (non-hydrogen) atoms. The van der Waals surface area contributed by atoms with Gasteiger partial charge < -0.3 is 10.1 Å². The lowest BCUT2D eigenvalue weighted by atomic mass is 10.4. The van der Waals surface area contributed by atoms with Crippen LogP contribution in [0.2, 0.25) is 0 Å². The van der Waals surface area contributed by atoms with Crippen LogP contribution >= 0.6 is 0 Å². The molecule has 92 valence electrons. The number of nitrogens with zero attached hydrogens (tertiary/aromatic N) is 1. The highest BCUT2D eigenvalue weighted by molar-refractivity contribution is 4.74. The number of morpholine rings is 1. The second-order valence-corrected chi connectivity index (χ2v) is 3.91. The standard InChI is InChI=1S/C7H13NO.C5H13N.H2/c1-2-3-8-4-6-9-7-5-8;1-4-6-5(2)3;/h2H,1,3-7H2;5-6H,4H2,1-3H3;1H. The van der Waals surface area contributed by atoms with Crippen molar-refractivity contribution in [2.45, 2.75) is 26.8 Å². The van der Waals surface area contributed by atoms with Gasteiger partial charge in [0, 0.05) is 27.1 Å². The third kappa shape index (κ3) is 9.91. The van der Waals surface area contributed by atoms with Crippen LogP contribution in [0.1, 0.15) is 22.2 Å². The van der Waals surface area contributed by atoms with Crippen LogP contribution in [-0.4, -0.2) is 50.3 Å². The highest BCUT2D eigenvalue weighted by Crippen LogP contribution is 1.94. The summed E-state index contributed by atoms with van der Waals surface area (Å²) in [6, 6.07) is 0.648. The first-order valence-electron chi connectivity index (χ1n) is 5.85. The molecule has 1 fully saturated rings. The van der Waals surface area contributed by atoms with Gasteiger partial charge in [-0.1, -0.05) is 26.8 Å². The molecule has 0 aliphatic carbocycles. The molecule has 3 heteroatoms. The summed E-state index contributed by atoms with van der Waals surface area (Å²) in [7, 11) is 0. The minimum atomic E-state index is 0. The number of hydrogen-bond acceptors (Lipinski definition) is 3. The molecule has 1 aliphatic rings. The Morgan fingerprint density at radius 3 is 2.40 bits per heavy atom. The van der Waals surface area contributed by atoms with Crippen molar-refractivity contribution < 1.29 is 6.16 Å². The van der Waals surface area contributed by atoms with E-state index in [1.54, 1.807) is 0 Å². The Bertz CT molecular complexity index is 148. The Morgan fingerprint density at radius 2 is 2.07 bits per heavy atom. The van der Waals surface area contributed by atoms with E-state index in [0.717, 1.165) is 39.4 Å². The zero-order valence-corrected chi connectivity index (χ0v) is 10.5. The monoisotopic (exact) mass is 216 g/mol. The smallest absolute Gasteiger partial charge is 0.0594 e. The average Bonchev–Trinajstić information content (AvgIpc) is 2.20. The number of hydrogen-bond donors (Lipinski definition) is 1. The summed E-state index contributed by atoms with van der Waals surface area (Å²) >= 11 is 0. The van der Waals surface area contributed by atoms with Crippen molar-refractivity contribution in [3.05, 3.63) is 12.7 Å². The van der Waals surface area contributed by atoms with E-state index in [9.17, 15) is 0 Å². The maximum absolute atomic E-state index is 5.17. The molecule has 0 aromatic carbocycles. The Hall–Kier alpha value is -0.380. The molecule has 0 unspecified atom stereocenters. The van der Waals surface area contributed by atoms with E-state index in [-0.39, 0.29) is 1.43 Å². The van der Waals surface area contributed by atoms with Gasteiger partial charge in [0.25, 0.3) is 0 Å². The summed E-state index contributed by atoms with van der Waals surface area (Å²) in [5.74, 6) is 0. The van der Waals surface area contributed by atoms with Crippen LogP contribution in [0.5, 0.6) is 0 Å². The first kappa shape index (κ1) is 14.6. The van der Waals surface area contributed by atoms with Gasteiger partial charge in [-0.25, -0.2) is 0 Å². The van der Waals surface area contributed by atoms with E-state index < -0.39 is 0 Å². The van der Waals surface area contributed by atoms with Gasteiger partial charge in [0.2, 0.25) is 0 Å². The first-order chi connectivity index (χ1) is 7.20. The fourth-order valence-electron chi connectivity index (χ4n) is 1.37. The summed E-state index contributed by atoms with van der Waals surface area (Å²) in [5, 5.41) is 3.21. The number of rotatable bonds is 4.